The van der Waals surface area contributed by atoms with Crippen LogP contribution < -0.4 is 5.73 Å². The van der Waals surface area contributed by atoms with Gasteiger partial charge >= 0.3 is 0 Å². The molecule has 0 amide bonds. The van der Waals surface area contributed by atoms with Gasteiger partial charge in [0, 0.05) is 13.2 Å². The van der Waals surface area contributed by atoms with E-state index >= 15 is 0 Å². The van der Waals surface area contributed by atoms with Gasteiger partial charge in [-0.2, -0.15) is 5.10 Å². The number of rotatable bonds is 2. The fourth-order valence-corrected chi connectivity index (χ4v) is 1.01. The molecule has 1 rings (SSSR count). The molecule has 66 valence electrons. The van der Waals surface area contributed by atoms with Crippen LogP contribution in [0.1, 0.15) is 17.7 Å². The standard InChI is InChI=1S/C6H7F2N3S/c1-11-2-3(6(9)12)4(10-11)5(7)8/h2,5H,1H3,(H2,9,12). The molecule has 0 unspecified atom stereocenters. The summed E-state index contributed by atoms with van der Waals surface area (Å²) in [6, 6.07) is 0. The van der Waals surface area contributed by atoms with Crippen molar-refractivity contribution in [1.29, 1.82) is 0 Å². The molecule has 0 atom stereocenters. The first-order valence-electron chi connectivity index (χ1n) is 3.14. The van der Waals surface area contributed by atoms with Gasteiger partial charge in [-0.3, -0.25) is 4.68 Å². The number of nitrogens with zero attached hydrogens (tertiary/aromatic N) is 2. The molecule has 12 heavy (non-hydrogen) atoms. The zero-order chi connectivity index (χ0) is 9.30. The van der Waals surface area contributed by atoms with Gasteiger partial charge < -0.3 is 5.73 Å². The number of aryl methyl sites for hydroxylation is 1. The molecular weight excluding hydrogens is 184 g/mol. The monoisotopic (exact) mass is 191 g/mol. The van der Waals surface area contributed by atoms with Crippen molar-refractivity contribution in [3.05, 3.63) is 17.5 Å². The first-order chi connectivity index (χ1) is 5.52. The molecule has 1 heterocycles. The molecule has 0 aromatic carbocycles. The molecule has 0 fully saturated rings. The lowest BCUT2D eigenvalue weighted by Gasteiger charge is -1.96. The minimum absolute atomic E-state index is 0.0570. The number of hydrogen-bond acceptors (Lipinski definition) is 2. The second-order valence-electron chi connectivity index (χ2n) is 2.27. The van der Waals surface area contributed by atoms with Crippen molar-refractivity contribution in [2.75, 3.05) is 0 Å². The fourth-order valence-electron chi connectivity index (χ4n) is 0.857. The van der Waals surface area contributed by atoms with Gasteiger partial charge in [0.25, 0.3) is 6.43 Å². The molecular formula is C6H7F2N3S. The molecule has 3 nitrogen and oxygen atoms in total. The Morgan fingerprint density at radius 3 is 2.67 bits per heavy atom. The Morgan fingerprint density at radius 2 is 2.33 bits per heavy atom. The Kier molecular flexibility index (Phi) is 2.37. The Morgan fingerprint density at radius 1 is 1.75 bits per heavy atom. The van der Waals surface area contributed by atoms with E-state index in [0.717, 1.165) is 0 Å². The number of alkyl halides is 2. The van der Waals surface area contributed by atoms with Crippen LogP contribution in [-0.4, -0.2) is 14.8 Å². The number of thiocarbonyl (C=S) groups is 1. The van der Waals surface area contributed by atoms with E-state index in [0.29, 0.717) is 0 Å². The van der Waals surface area contributed by atoms with Crippen LogP contribution in [0, 0.1) is 0 Å². The van der Waals surface area contributed by atoms with E-state index in [9.17, 15) is 8.78 Å². The van der Waals surface area contributed by atoms with Crippen LogP contribution in [0.15, 0.2) is 6.20 Å². The SMILES string of the molecule is Cn1cc(C(N)=S)c(C(F)F)n1. The minimum atomic E-state index is -2.64. The third-order valence-corrected chi connectivity index (χ3v) is 1.55. The Labute approximate surface area is 73.2 Å². The fraction of sp³-hybridized carbons (Fsp3) is 0.333. The maximum absolute atomic E-state index is 12.2. The summed E-state index contributed by atoms with van der Waals surface area (Å²) >= 11 is 4.57. The van der Waals surface area contributed by atoms with Crippen molar-refractivity contribution in [3.63, 3.8) is 0 Å². The van der Waals surface area contributed by atoms with Crippen LogP contribution in [0.25, 0.3) is 0 Å². The van der Waals surface area contributed by atoms with Gasteiger partial charge in [-0.1, -0.05) is 12.2 Å². The summed E-state index contributed by atoms with van der Waals surface area (Å²) < 4.78 is 25.7. The van der Waals surface area contributed by atoms with Gasteiger partial charge in [-0.05, 0) is 0 Å². The highest BCUT2D eigenvalue weighted by Gasteiger charge is 2.18. The molecule has 0 saturated heterocycles. The third kappa shape index (κ3) is 1.58. The molecule has 6 heteroatoms. The summed E-state index contributed by atoms with van der Waals surface area (Å²) in [4.78, 5) is -0.0570. The zero-order valence-electron chi connectivity index (χ0n) is 6.29. The molecule has 0 aliphatic rings. The summed E-state index contributed by atoms with van der Waals surface area (Å²) in [6.07, 6.45) is -1.26. The largest absolute Gasteiger partial charge is 0.389 e. The van der Waals surface area contributed by atoms with E-state index in [1.165, 1.54) is 17.9 Å². The van der Waals surface area contributed by atoms with Crippen LogP contribution >= 0.6 is 12.2 Å². The van der Waals surface area contributed by atoms with Crippen molar-refractivity contribution in [2.45, 2.75) is 6.43 Å². The first kappa shape index (κ1) is 9.05. The summed E-state index contributed by atoms with van der Waals surface area (Å²) in [5, 5.41) is 3.53. The summed E-state index contributed by atoms with van der Waals surface area (Å²) in [7, 11) is 1.54. The van der Waals surface area contributed by atoms with E-state index < -0.39 is 6.43 Å². The second kappa shape index (κ2) is 3.14. The van der Waals surface area contributed by atoms with Gasteiger partial charge in [0.05, 0.1) is 5.56 Å². The molecule has 2 N–H and O–H groups in total. The lowest BCUT2D eigenvalue weighted by Crippen LogP contribution is -2.11. The number of hydrogen-bond donors (Lipinski definition) is 1. The quantitative estimate of drug-likeness (QED) is 0.709. The molecule has 1 aromatic rings. The van der Waals surface area contributed by atoms with E-state index in [1.807, 2.05) is 0 Å². The lowest BCUT2D eigenvalue weighted by atomic mass is 10.2. The van der Waals surface area contributed by atoms with Gasteiger partial charge in [0.15, 0.2) is 0 Å². The van der Waals surface area contributed by atoms with Crippen LogP contribution in [0.2, 0.25) is 0 Å². The average molecular weight is 191 g/mol. The van der Waals surface area contributed by atoms with E-state index in [-0.39, 0.29) is 16.2 Å². The Balaban J connectivity index is 3.17. The molecule has 0 bridgehead atoms. The Hall–Kier alpha value is -1.04. The summed E-state index contributed by atoms with van der Waals surface area (Å²) in [6.45, 7) is 0. The van der Waals surface area contributed by atoms with Gasteiger partial charge in [0.1, 0.15) is 10.7 Å². The normalized spacial score (nSPS) is 10.7. The van der Waals surface area contributed by atoms with E-state index in [4.69, 9.17) is 5.73 Å². The highest BCUT2D eigenvalue weighted by molar-refractivity contribution is 7.80. The highest BCUT2D eigenvalue weighted by atomic mass is 32.1. The molecule has 0 saturated carbocycles. The van der Waals surface area contributed by atoms with Gasteiger partial charge in [0.2, 0.25) is 0 Å². The second-order valence-corrected chi connectivity index (χ2v) is 2.71. The minimum Gasteiger partial charge on any atom is -0.389 e. The molecule has 0 aliphatic heterocycles. The van der Waals surface area contributed by atoms with Crippen molar-refractivity contribution in [2.24, 2.45) is 12.8 Å². The molecule has 1 aromatic heterocycles. The molecule has 0 radical (unpaired) electrons. The van der Waals surface area contributed by atoms with Crippen LogP contribution in [0.5, 0.6) is 0 Å². The van der Waals surface area contributed by atoms with Crippen molar-refractivity contribution in [1.82, 2.24) is 9.78 Å². The molecule has 0 aliphatic carbocycles. The van der Waals surface area contributed by atoms with Crippen LogP contribution in [0.3, 0.4) is 0 Å². The topological polar surface area (TPSA) is 43.8 Å². The maximum Gasteiger partial charge on any atom is 0.282 e. The van der Waals surface area contributed by atoms with Crippen molar-refractivity contribution < 1.29 is 8.78 Å². The van der Waals surface area contributed by atoms with Crippen molar-refractivity contribution >= 4 is 17.2 Å². The highest BCUT2D eigenvalue weighted by Crippen LogP contribution is 2.20. The predicted molar refractivity (Wildman–Crippen MR) is 44.1 cm³/mol. The van der Waals surface area contributed by atoms with Gasteiger partial charge in [-0.15, -0.1) is 0 Å². The smallest absolute Gasteiger partial charge is 0.282 e. The third-order valence-electron chi connectivity index (χ3n) is 1.33. The first-order valence-corrected chi connectivity index (χ1v) is 3.54. The van der Waals surface area contributed by atoms with Crippen LogP contribution in [-0.2, 0) is 7.05 Å². The summed E-state index contributed by atoms with van der Waals surface area (Å²) in [5.41, 5.74) is 5.00. The molecule has 0 spiro atoms. The van der Waals surface area contributed by atoms with E-state index in [2.05, 4.69) is 17.3 Å². The average Bonchev–Trinajstić information content (AvgIpc) is 2.31. The van der Waals surface area contributed by atoms with Crippen LogP contribution in [0.4, 0.5) is 8.78 Å². The predicted octanol–water partition coefficient (Wildman–Crippen LogP) is 0.992. The van der Waals surface area contributed by atoms with E-state index in [1.54, 1.807) is 0 Å². The number of nitrogens with two attached hydrogens (primary N) is 1. The zero-order valence-corrected chi connectivity index (χ0v) is 7.11. The number of aromatic nitrogens is 2. The van der Waals surface area contributed by atoms with Crippen molar-refractivity contribution in [3.8, 4) is 0 Å². The number of halogens is 2. The maximum atomic E-state index is 12.2. The lowest BCUT2D eigenvalue weighted by molar-refractivity contribution is 0.145. The Bertz CT molecular complexity index is 308. The van der Waals surface area contributed by atoms with Gasteiger partial charge in [-0.25, -0.2) is 8.78 Å². The summed E-state index contributed by atoms with van der Waals surface area (Å²) in [5.74, 6) is 0.